The highest BCUT2D eigenvalue weighted by Crippen LogP contribution is 2.24. The third-order valence-corrected chi connectivity index (χ3v) is 4.62. The Morgan fingerprint density at radius 2 is 1.65 bits per heavy atom. The summed E-state index contributed by atoms with van der Waals surface area (Å²) in [7, 11) is 1.64. The highest BCUT2D eigenvalue weighted by Gasteiger charge is 2.25. The van der Waals surface area contributed by atoms with Crippen LogP contribution in [0.2, 0.25) is 0 Å². The lowest BCUT2D eigenvalue weighted by molar-refractivity contribution is -0.123. The number of nitrogens with zero attached hydrogens (tertiary/aromatic N) is 1. The second-order valence-corrected chi connectivity index (χ2v) is 7.15. The first-order valence-electron chi connectivity index (χ1n) is 9.81. The van der Waals surface area contributed by atoms with Crippen molar-refractivity contribution in [3.05, 3.63) is 90.2 Å². The lowest BCUT2D eigenvalue weighted by atomic mass is 10.0. The summed E-state index contributed by atoms with van der Waals surface area (Å²) in [5.74, 6) is 0.879. The number of carbonyl (C=O) groups excluding carboxylic acids is 1. The first-order valence-corrected chi connectivity index (χ1v) is 9.81. The number of hydrogen-bond donors (Lipinski definition) is 2. The van der Waals surface area contributed by atoms with Crippen LogP contribution in [0, 0.1) is 5.82 Å². The van der Waals surface area contributed by atoms with Crippen LogP contribution >= 0.6 is 0 Å². The number of para-hydroxylation sites is 1. The van der Waals surface area contributed by atoms with Crippen molar-refractivity contribution in [1.29, 1.82) is 0 Å². The van der Waals surface area contributed by atoms with Gasteiger partial charge in [-0.15, -0.1) is 0 Å². The number of benzene rings is 3. The monoisotopic (exact) mass is 424 g/mol. The molecule has 3 aromatic carbocycles. The van der Waals surface area contributed by atoms with Gasteiger partial charge in [0.1, 0.15) is 41.8 Å². The maximum Gasteiger partial charge on any atom is 0.239 e. The molecule has 0 bridgehead atoms. The van der Waals surface area contributed by atoms with Gasteiger partial charge in [-0.1, -0.05) is 30.3 Å². The molecule has 0 saturated carbocycles. The quantitative estimate of drug-likeness (QED) is 0.520. The van der Waals surface area contributed by atoms with Crippen LogP contribution in [0.25, 0.3) is 0 Å². The maximum atomic E-state index is 13.5. The van der Waals surface area contributed by atoms with E-state index >= 15 is 0 Å². The summed E-state index contributed by atoms with van der Waals surface area (Å²) in [6.45, 7) is 0.122. The Bertz CT molecular complexity index is 982. The molecule has 0 aliphatic carbocycles. The average Bonchev–Trinajstić information content (AvgIpc) is 2.74. The third-order valence-electron chi connectivity index (χ3n) is 4.62. The Hall–Kier alpha value is -3.42. The highest BCUT2D eigenvalue weighted by atomic mass is 19.1. The molecule has 162 valence electrons. The van der Waals surface area contributed by atoms with E-state index in [4.69, 9.17) is 15.2 Å². The zero-order chi connectivity index (χ0) is 22.2. The Morgan fingerprint density at radius 3 is 2.29 bits per heavy atom. The summed E-state index contributed by atoms with van der Waals surface area (Å²) >= 11 is 0. The Kier molecular flexibility index (Phi) is 7.59. The molecule has 2 unspecified atom stereocenters. The van der Waals surface area contributed by atoms with Crippen molar-refractivity contribution in [2.24, 2.45) is 5.73 Å². The number of amides is 1. The molecule has 0 spiro atoms. The summed E-state index contributed by atoms with van der Waals surface area (Å²) in [6, 6.07) is 21.3. The fraction of sp³-hybridized carbons (Fsp3) is 0.208. The van der Waals surface area contributed by atoms with Crippen molar-refractivity contribution in [2.75, 3.05) is 20.2 Å². The molecular weight excluding hydrogens is 399 g/mol. The second-order valence-electron chi connectivity index (χ2n) is 7.15. The predicted octanol–water partition coefficient (Wildman–Crippen LogP) is 3.52. The van der Waals surface area contributed by atoms with Crippen molar-refractivity contribution in [2.45, 2.75) is 12.1 Å². The minimum atomic E-state index is -0.888. The highest BCUT2D eigenvalue weighted by molar-refractivity contribution is 5.81. The minimum Gasteiger partial charge on any atom is -0.491 e. The number of ether oxygens (including phenoxy) is 2. The molecule has 3 rings (SSSR count). The van der Waals surface area contributed by atoms with Crippen LogP contribution in [-0.2, 0) is 4.79 Å². The van der Waals surface area contributed by atoms with E-state index in [1.54, 1.807) is 42.3 Å². The van der Waals surface area contributed by atoms with Crippen LogP contribution in [0.5, 0.6) is 17.2 Å². The van der Waals surface area contributed by atoms with Crippen LogP contribution < -0.4 is 15.2 Å². The summed E-state index contributed by atoms with van der Waals surface area (Å²) < 4.78 is 24.9. The van der Waals surface area contributed by atoms with Gasteiger partial charge < -0.3 is 20.3 Å². The van der Waals surface area contributed by atoms with Crippen molar-refractivity contribution < 1.29 is 23.8 Å². The van der Waals surface area contributed by atoms with Gasteiger partial charge in [-0.05, 0) is 61.1 Å². The molecule has 0 saturated heterocycles. The standard InChI is InChI=1S/C24H25FN2O4/c1-27(23(24(26)29)17-6-5-7-18(25)14-17)15-19(28)16-30-20-10-12-22(13-11-20)31-21-8-3-2-4-9-21/h2-14,19,23,28H,15-16H2,1H3,(H2,26,29). The van der Waals surface area contributed by atoms with E-state index in [0.717, 1.165) is 5.75 Å². The number of likely N-dealkylation sites (N-methyl/N-ethyl adjacent to an activating group) is 1. The lowest BCUT2D eigenvalue weighted by Crippen LogP contribution is -2.41. The predicted molar refractivity (Wildman–Crippen MR) is 115 cm³/mol. The van der Waals surface area contributed by atoms with Crippen molar-refractivity contribution in [1.82, 2.24) is 4.90 Å². The number of nitrogens with two attached hydrogens (primary N) is 1. The molecule has 31 heavy (non-hydrogen) atoms. The van der Waals surface area contributed by atoms with Crippen molar-refractivity contribution >= 4 is 5.91 Å². The van der Waals surface area contributed by atoms with Gasteiger partial charge in [0.15, 0.2) is 0 Å². The van der Waals surface area contributed by atoms with Crippen molar-refractivity contribution in [3.63, 3.8) is 0 Å². The molecule has 3 N–H and O–H groups in total. The SMILES string of the molecule is CN(CC(O)COc1ccc(Oc2ccccc2)cc1)C(C(N)=O)c1cccc(F)c1. The van der Waals surface area contributed by atoms with Gasteiger partial charge in [-0.3, -0.25) is 9.69 Å². The number of halogens is 1. The second kappa shape index (κ2) is 10.6. The number of hydrogen-bond acceptors (Lipinski definition) is 5. The molecule has 0 fully saturated rings. The van der Waals surface area contributed by atoms with Gasteiger partial charge >= 0.3 is 0 Å². The van der Waals surface area contributed by atoms with Gasteiger partial charge in [0.25, 0.3) is 0 Å². The topological polar surface area (TPSA) is 85.0 Å². The van der Waals surface area contributed by atoms with Gasteiger partial charge in [0.2, 0.25) is 5.91 Å². The summed E-state index contributed by atoms with van der Waals surface area (Å²) in [4.78, 5) is 13.5. The molecule has 2 atom stereocenters. The molecule has 0 aliphatic heterocycles. The number of aliphatic hydroxyl groups excluding tert-OH is 1. The van der Waals surface area contributed by atoms with E-state index in [1.807, 2.05) is 30.3 Å². The molecule has 0 aromatic heterocycles. The molecular formula is C24H25FN2O4. The number of rotatable bonds is 10. The van der Waals surface area contributed by atoms with Crippen LogP contribution in [0.1, 0.15) is 11.6 Å². The summed E-state index contributed by atoms with van der Waals surface area (Å²) in [5.41, 5.74) is 5.93. The van der Waals surface area contributed by atoms with Crippen LogP contribution in [-0.4, -0.2) is 42.2 Å². The normalized spacial score (nSPS) is 12.9. The van der Waals surface area contributed by atoms with Crippen LogP contribution in [0.4, 0.5) is 4.39 Å². The first kappa shape index (κ1) is 22.3. The van der Waals surface area contributed by atoms with Gasteiger partial charge in [-0.2, -0.15) is 0 Å². The van der Waals surface area contributed by atoms with E-state index in [9.17, 15) is 14.3 Å². The Morgan fingerprint density at radius 1 is 1.00 bits per heavy atom. The summed E-state index contributed by atoms with van der Waals surface area (Å²) in [5, 5.41) is 10.3. The zero-order valence-corrected chi connectivity index (χ0v) is 17.1. The van der Waals surface area contributed by atoms with Gasteiger partial charge in [0.05, 0.1) is 0 Å². The Balaban J connectivity index is 1.53. The van der Waals surface area contributed by atoms with E-state index in [1.165, 1.54) is 18.2 Å². The summed E-state index contributed by atoms with van der Waals surface area (Å²) in [6.07, 6.45) is -0.888. The third kappa shape index (κ3) is 6.53. The van der Waals surface area contributed by atoms with Gasteiger partial charge in [-0.25, -0.2) is 4.39 Å². The molecule has 0 heterocycles. The molecule has 7 heteroatoms. The first-order chi connectivity index (χ1) is 14.9. The van der Waals surface area contributed by atoms with Gasteiger partial charge in [0, 0.05) is 6.54 Å². The van der Waals surface area contributed by atoms with E-state index in [2.05, 4.69) is 0 Å². The molecule has 0 aliphatic rings. The smallest absolute Gasteiger partial charge is 0.239 e. The fourth-order valence-electron chi connectivity index (χ4n) is 3.22. The molecule has 6 nitrogen and oxygen atoms in total. The number of primary amides is 1. The number of aliphatic hydroxyl groups is 1. The largest absolute Gasteiger partial charge is 0.491 e. The van der Waals surface area contributed by atoms with E-state index < -0.39 is 23.9 Å². The van der Waals surface area contributed by atoms with Crippen molar-refractivity contribution in [3.8, 4) is 17.2 Å². The van der Waals surface area contributed by atoms with E-state index in [-0.39, 0.29) is 13.2 Å². The molecule has 1 amide bonds. The van der Waals surface area contributed by atoms with Crippen LogP contribution in [0.3, 0.4) is 0 Å². The zero-order valence-electron chi connectivity index (χ0n) is 17.1. The van der Waals surface area contributed by atoms with Crippen LogP contribution in [0.15, 0.2) is 78.9 Å². The maximum absolute atomic E-state index is 13.5. The lowest BCUT2D eigenvalue weighted by Gasteiger charge is -2.27. The minimum absolute atomic E-state index is 0.0118. The number of carbonyl (C=O) groups is 1. The average molecular weight is 424 g/mol. The van der Waals surface area contributed by atoms with E-state index in [0.29, 0.717) is 17.1 Å². The molecule has 0 radical (unpaired) electrons. The molecule has 3 aromatic rings. The Labute approximate surface area is 180 Å². The fourth-order valence-corrected chi connectivity index (χ4v) is 3.22.